The summed E-state index contributed by atoms with van der Waals surface area (Å²) < 4.78 is 66.8. The molecule has 3 rings (SSSR count). The lowest BCUT2D eigenvalue weighted by Gasteiger charge is -2.27. The maximum Gasteiger partial charge on any atom is 0.490 e. The molecule has 2 aromatic heterocycles. The van der Waals surface area contributed by atoms with Crippen molar-refractivity contribution in [2.24, 2.45) is 0 Å². The SMILES string of the molecule is C#C[C@]1(COP(=O)(O)OP(=O)(O)OP(=O)(O)O)O[C@@H](n2cc(F)c3c(N)nc(Cl)nc32)C[C@@H]1O. The van der Waals surface area contributed by atoms with E-state index in [0.29, 0.717) is 0 Å². The van der Waals surface area contributed by atoms with Gasteiger partial charge in [-0.05, 0) is 11.6 Å². The van der Waals surface area contributed by atoms with Gasteiger partial charge in [0.15, 0.2) is 17.1 Å². The molecule has 1 fully saturated rings. The largest absolute Gasteiger partial charge is 0.490 e. The number of anilines is 1. The Morgan fingerprint density at radius 1 is 1.29 bits per heavy atom. The fourth-order valence-electron chi connectivity index (χ4n) is 3.03. The van der Waals surface area contributed by atoms with E-state index in [2.05, 4.69) is 23.1 Å². The molecular weight excluding hydrogens is 552 g/mol. The summed E-state index contributed by atoms with van der Waals surface area (Å²) in [5, 5.41) is 9.94. The Labute approximate surface area is 193 Å². The first-order valence-electron chi connectivity index (χ1n) is 8.58. The summed E-state index contributed by atoms with van der Waals surface area (Å²) in [5.74, 6) is 0.885. The molecule has 0 spiro atoms. The van der Waals surface area contributed by atoms with Gasteiger partial charge in [0.25, 0.3) is 0 Å². The number of aromatic nitrogens is 3. The second-order valence-electron chi connectivity index (χ2n) is 6.68. The molecule has 1 aliphatic rings. The normalized spacial score (nSPS) is 26.8. The number of phosphoric acid groups is 3. The van der Waals surface area contributed by atoms with Gasteiger partial charge in [-0.3, -0.25) is 4.52 Å². The number of aliphatic hydroxyl groups excluding tert-OH is 1. The number of rotatable bonds is 8. The molecule has 1 saturated heterocycles. The highest BCUT2D eigenvalue weighted by Crippen LogP contribution is 2.66. The second kappa shape index (κ2) is 9.20. The summed E-state index contributed by atoms with van der Waals surface area (Å²) in [4.78, 5) is 43.4. The molecule has 2 aromatic rings. The van der Waals surface area contributed by atoms with E-state index in [4.69, 9.17) is 38.3 Å². The molecule has 34 heavy (non-hydrogen) atoms. The highest BCUT2D eigenvalue weighted by molar-refractivity contribution is 7.66. The summed E-state index contributed by atoms with van der Waals surface area (Å²) in [5.41, 5.74) is 3.36. The van der Waals surface area contributed by atoms with Crippen molar-refractivity contribution in [1.82, 2.24) is 14.5 Å². The van der Waals surface area contributed by atoms with E-state index in [1.165, 1.54) is 0 Å². The summed E-state index contributed by atoms with van der Waals surface area (Å²) >= 11 is 5.76. The summed E-state index contributed by atoms with van der Waals surface area (Å²) in [6.07, 6.45) is 3.15. The third-order valence-electron chi connectivity index (χ3n) is 4.35. The zero-order valence-electron chi connectivity index (χ0n) is 16.3. The Kier molecular flexibility index (Phi) is 7.34. The van der Waals surface area contributed by atoms with Crippen molar-refractivity contribution in [3.8, 4) is 12.3 Å². The predicted molar refractivity (Wildman–Crippen MR) is 109 cm³/mol. The number of aliphatic hydroxyl groups is 1. The Hall–Kier alpha value is -1.47. The van der Waals surface area contributed by atoms with Crippen molar-refractivity contribution >= 4 is 51.9 Å². The number of hydrogen-bond acceptors (Lipinski definition) is 11. The van der Waals surface area contributed by atoms with Crippen molar-refractivity contribution in [2.75, 3.05) is 12.3 Å². The van der Waals surface area contributed by atoms with Gasteiger partial charge in [0.05, 0.1) is 5.39 Å². The number of nitrogens with zero attached hydrogens (tertiary/aromatic N) is 3. The molecule has 21 heteroatoms. The molecule has 7 N–H and O–H groups in total. The Balaban J connectivity index is 1.82. The molecule has 2 unspecified atom stereocenters. The van der Waals surface area contributed by atoms with Crippen LogP contribution in [0.1, 0.15) is 12.6 Å². The zero-order valence-corrected chi connectivity index (χ0v) is 19.8. The second-order valence-corrected chi connectivity index (χ2v) is 11.4. The zero-order chi connectivity index (χ0) is 25.7. The Bertz CT molecular complexity index is 1310. The maximum atomic E-state index is 14.4. The monoisotopic (exact) mass is 566 g/mol. The molecule has 0 radical (unpaired) electrons. The molecule has 3 heterocycles. The molecule has 1 aliphatic heterocycles. The highest BCUT2D eigenvalue weighted by Gasteiger charge is 2.51. The van der Waals surface area contributed by atoms with E-state index in [1.54, 1.807) is 0 Å². The van der Waals surface area contributed by atoms with Crippen LogP contribution in [0.2, 0.25) is 5.28 Å². The molecule has 0 bridgehead atoms. The van der Waals surface area contributed by atoms with Crippen LogP contribution < -0.4 is 5.73 Å². The number of nitrogen functional groups attached to an aromatic ring is 1. The lowest BCUT2D eigenvalue weighted by Crippen LogP contribution is -2.42. The van der Waals surface area contributed by atoms with Crippen LogP contribution in [-0.2, 0) is 31.6 Å². The smallest absolute Gasteiger partial charge is 0.389 e. The van der Waals surface area contributed by atoms with E-state index < -0.39 is 53.8 Å². The number of hydrogen-bond donors (Lipinski definition) is 6. The average molecular weight is 567 g/mol. The number of phosphoric ester groups is 1. The Morgan fingerprint density at radius 2 is 1.94 bits per heavy atom. The van der Waals surface area contributed by atoms with Gasteiger partial charge in [0, 0.05) is 12.6 Å². The van der Waals surface area contributed by atoms with Crippen molar-refractivity contribution in [3.05, 3.63) is 17.3 Å². The minimum absolute atomic E-state index is 0.118. The number of fused-ring (bicyclic) bond motifs is 1. The fourth-order valence-corrected chi connectivity index (χ4v) is 6.25. The molecular formula is C13H15ClFN4O12P3. The molecule has 16 nitrogen and oxygen atoms in total. The first kappa shape index (κ1) is 27.1. The van der Waals surface area contributed by atoms with E-state index in [-0.39, 0.29) is 28.6 Å². The van der Waals surface area contributed by atoms with Crippen molar-refractivity contribution < 1.29 is 60.6 Å². The van der Waals surface area contributed by atoms with Gasteiger partial charge < -0.3 is 39.7 Å². The van der Waals surface area contributed by atoms with Crippen molar-refractivity contribution in [1.29, 1.82) is 0 Å². The topological polar surface area (TPSA) is 246 Å². The van der Waals surface area contributed by atoms with Gasteiger partial charge in [0.1, 0.15) is 24.8 Å². The first-order chi connectivity index (χ1) is 15.5. The third-order valence-corrected chi connectivity index (χ3v) is 8.30. The van der Waals surface area contributed by atoms with Crippen molar-refractivity contribution in [2.45, 2.75) is 24.4 Å². The van der Waals surface area contributed by atoms with E-state index in [1.807, 2.05) is 5.92 Å². The lowest BCUT2D eigenvalue weighted by molar-refractivity contribution is -0.0874. The molecule has 0 saturated carbocycles. The van der Waals surface area contributed by atoms with E-state index in [9.17, 15) is 33.0 Å². The van der Waals surface area contributed by atoms with Crippen molar-refractivity contribution in [3.63, 3.8) is 0 Å². The predicted octanol–water partition coefficient (Wildman–Crippen LogP) is 0.801. The molecule has 5 atom stereocenters. The number of nitrogens with two attached hydrogens (primary N) is 1. The van der Waals surface area contributed by atoms with Gasteiger partial charge in [-0.25, -0.2) is 23.1 Å². The first-order valence-corrected chi connectivity index (χ1v) is 13.5. The number of ether oxygens (including phenoxy) is 1. The minimum atomic E-state index is -5.78. The average Bonchev–Trinajstić information content (AvgIpc) is 3.14. The van der Waals surface area contributed by atoms with Crippen LogP contribution in [0.5, 0.6) is 0 Å². The Morgan fingerprint density at radius 3 is 2.53 bits per heavy atom. The van der Waals surface area contributed by atoms with Crippen LogP contribution in [0.25, 0.3) is 11.0 Å². The van der Waals surface area contributed by atoms with Crippen LogP contribution in [0.4, 0.5) is 10.2 Å². The van der Waals surface area contributed by atoms with E-state index in [0.717, 1.165) is 10.8 Å². The molecule has 188 valence electrons. The van der Waals surface area contributed by atoms with Crippen LogP contribution in [0.3, 0.4) is 0 Å². The van der Waals surface area contributed by atoms with Crippen LogP contribution >= 0.6 is 35.1 Å². The standard InChI is InChI=1S/C13H15ClFN4O12P3/c1-2-13(5-28-33(24,25)31-34(26,27)30-32(21,22)23)7(20)3-8(29-13)19-4-6(15)9-10(16)17-12(14)18-11(9)19/h1,4,7-8,20H,3,5H2,(H,24,25)(H,26,27)(H2,16,17,18)(H2,21,22,23)/t7-,8+,13+/m0/s1. The molecule has 0 aliphatic carbocycles. The van der Waals surface area contributed by atoms with Crippen LogP contribution in [-0.4, -0.2) is 57.5 Å². The highest BCUT2D eigenvalue weighted by atomic mass is 35.5. The van der Waals surface area contributed by atoms with Gasteiger partial charge >= 0.3 is 23.5 Å². The fraction of sp³-hybridized carbons (Fsp3) is 0.385. The molecule has 0 amide bonds. The lowest BCUT2D eigenvalue weighted by atomic mass is 9.99. The molecule has 0 aromatic carbocycles. The summed E-state index contributed by atoms with van der Waals surface area (Å²) in [7, 11) is -16.9. The minimum Gasteiger partial charge on any atom is -0.389 e. The van der Waals surface area contributed by atoms with Gasteiger partial charge in [-0.15, -0.1) is 6.42 Å². The van der Waals surface area contributed by atoms with Gasteiger partial charge in [-0.1, -0.05) is 5.92 Å². The number of halogens is 2. The number of terminal acetylenes is 1. The maximum absolute atomic E-state index is 14.4. The van der Waals surface area contributed by atoms with Gasteiger partial charge in [-0.2, -0.15) is 13.6 Å². The third kappa shape index (κ3) is 5.84. The van der Waals surface area contributed by atoms with Crippen LogP contribution in [0, 0.1) is 18.2 Å². The summed E-state index contributed by atoms with van der Waals surface area (Å²) in [6, 6.07) is 0. The quantitative estimate of drug-likeness (QED) is 0.147. The summed E-state index contributed by atoms with van der Waals surface area (Å²) in [6.45, 7) is -1.13. The van der Waals surface area contributed by atoms with E-state index >= 15 is 0 Å². The van der Waals surface area contributed by atoms with Crippen LogP contribution in [0.15, 0.2) is 6.20 Å². The van der Waals surface area contributed by atoms with Gasteiger partial charge in [0.2, 0.25) is 5.28 Å².